The lowest BCUT2D eigenvalue weighted by atomic mass is 10.0. The number of likely N-dealkylation sites (tertiary alicyclic amines) is 2. The van der Waals surface area contributed by atoms with E-state index in [1.807, 2.05) is 0 Å². The Labute approximate surface area is 118 Å². The van der Waals surface area contributed by atoms with Gasteiger partial charge in [0.2, 0.25) is 0 Å². The van der Waals surface area contributed by atoms with Crippen LogP contribution in [-0.4, -0.2) is 60.6 Å². The predicted octanol–water partition coefficient (Wildman–Crippen LogP) is 1.93. The van der Waals surface area contributed by atoms with Crippen LogP contribution < -0.4 is 5.32 Å². The van der Waals surface area contributed by atoms with Crippen molar-refractivity contribution >= 4 is 0 Å². The average Bonchev–Trinajstić information content (AvgIpc) is 3.05. The number of nitrogens with zero attached hydrogens (tertiary/aromatic N) is 2. The second-order valence-electron chi connectivity index (χ2n) is 7.28. The van der Waals surface area contributed by atoms with E-state index in [4.69, 9.17) is 0 Å². The molecule has 3 nitrogen and oxygen atoms in total. The molecule has 1 aliphatic carbocycles. The van der Waals surface area contributed by atoms with E-state index < -0.39 is 0 Å². The zero-order chi connectivity index (χ0) is 13.2. The predicted molar refractivity (Wildman–Crippen MR) is 80.4 cm³/mol. The second kappa shape index (κ2) is 6.11. The molecule has 0 bridgehead atoms. The fourth-order valence-corrected chi connectivity index (χ4v) is 3.79. The van der Waals surface area contributed by atoms with Gasteiger partial charge in [0.25, 0.3) is 0 Å². The number of rotatable bonds is 5. The van der Waals surface area contributed by atoms with Gasteiger partial charge in [0.05, 0.1) is 0 Å². The zero-order valence-electron chi connectivity index (χ0n) is 12.8. The summed E-state index contributed by atoms with van der Waals surface area (Å²) in [6.45, 7) is 11.3. The summed E-state index contributed by atoms with van der Waals surface area (Å²) in [6.07, 6.45) is 7.04. The van der Waals surface area contributed by atoms with Crippen molar-refractivity contribution in [1.82, 2.24) is 15.1 Å². The van der Waals surface area contributed by atoms with Crippen LogP contribution >= 0.6 is 0 Å². The summed E-state index contributed by atoms with van der Waals surface area (Å²) in [4.78, 5) is 5.38. The lowest BCUT2D eigenvalue weighted by Gasteiger charge is -2.35. The molecule has 0 aromatic heterocycles. The molecule has 0 aromatic rings. The van der Waals surface area contributed by atoms with Crippen LogP contribution in [0.5, 0.6) is 0 Å². The van der Waals surface area contributed by atoms with E-state index in [1.54, 1.807) is 0 Å². The maximum absolute atomic E-state index is 3.82. The van der Waals surface area contributed by atoms with Gasteiger partial charge in [-0.1, -0.05) is 0 Å². The van der Waals surface area contributed by atoms with Crippen molar-refractivity contribution in [2.24, 2.45) is 5.92 Å². The topological polar surface area (TPSA) is 18.5 Å². The molecule has 3 aliphatic rings. The van der Waals surface area contributed by atoms with E-state index in [0.717, 1.165) is 24.0 Å². The fourth-order valence-electron chi connectivity index (χ4n) is 3.79. The van der Waals surface area contributed by atoms with E-state index in [9.17, 15) is 0 Å². The summed E-state index contributed by atoms with van der Waals surface area (Å²) in [6, 6.07) is 2.38. The fraction of sp³-hybridized carbons (Fsp3) is 1.00. The maximum atomic E-state index is 3.82. The summed E-state index contributed by atoms with van der Waals surface area (Å²) in [5.41, 5.74) is 0. The highest BCUT2D eigenvalue weighted by Gasteiger charge is 2.30. The van der Waals surface area contributed by atoms with Crippen LogP contribution in [0.1, 0.15) is 46.0 Å². The minimum atomic E-state index is 0.732. The van der Waals surface area contributed by atoms with Crippen molar-refractivity contribution in [3.63, 3.8) is 0 Å². The first-order valence-electron chi connectivity index (χ1n) is 8.43. The monoisotopic (exact) mass is 265 g/mol. The smallest absolute Gasteiger partial charge is 0.0198 e. The minimum Gasteiger partial charge on any atom is -0.310 e. The first kappa shape index (κ1) is 13.8. The van der Waals surface area contributed by atoms with Crippen molar-refractivity contribution < 1.29 is 0 Å². The zero-order valence-corrected chi connectivity index (χ0v) is 12.8. The molecule has 0 aromatic carbocycles. The molecule has 0 radical (unpaired) electrons. The van der Waals surface area contributed by atoms with Crippen LogP contribution in [0, 0.1) is 5.92 Å². The number of nitrogens with one attached hydrogen (secondary N) is 1. The van der Waals surface area contributed by atoms with Gasteiger partial charge in [-0.3, -0.25) is 0 Å². The molecule has 3 rings (SSSR count). The average molecular weight is 265 g/mol. The molecular weight excluding hydrogens is 234 g/mol. The van der Waals surface area contributed by atoms with Crippen molar-refractivity contribution in [3.8, 4) is 0 Å². The van der Waals surface area contributed by atoms with Gasteiger partial charge >= 0.3 is 0 Å². The Kier molecular flexibility index (Phi) is 4.45. The van der Waals surface area contributed by atoms with E-state index in [1.165, 1.54) is 64.8 Å². The SMILES string of the molecule is CC(C)N1CCC(CN2CCCC(NC3CC3)C2)C1. The minimum absolute atomic E-state index is 0.732. The van der Waals surface area contributed by atoms with Gasteiger partial charge in [-0.15, -0.1) is 0 Å². The third-order valence-electron chi connectivity index (χ3n) is 5.12. The molecule has 2 saturated heterocycles. The molecule has 0 amide bonds. The van der Waals surface area contributed by atoms with Crippen molar-refractivity contribution in [3.05, 3.63) is 0 Å². The summed E-state index contributed by atoms with van der Waals surface area (Å²) >= 11 is 0. The van der Waals surface area contributed by atoms with Gasteiger partial charge in [-0.2, -0.15) is 0 Å². The Morgan fingerprint density at radius 1 is 1.00 bits per heavy atom. The van der Waals surface area contributed by atoms with Crippen LogP contribution in [0.15, 0.2) is 0 Å². The molecule has 2 heterocycles. The van der Waals surface area contributed by atoms with Crippen LogP contribution in [-0.2, 0) is 0 Å². The quantitative estimate of drug-likeness (QED) is 0.819. The maximum Gasteiger partial charge on any atom is 0.0198 e. The Bertz CT molecular complexity index is 288. The Morgan fingerprint density at radius 3 is 2.53 bits per heavy atom. The number of hydrogen-bond acceptors (Lipinski definition) is 3. The Balaban J connectivity index is 1.41. The highest BCUT2D eigenvalue weighted by molar-refractivity contribution is 4.89. The molecule has 2 atom stereocenters. The van der Waals surface area contributed by atoms with Gasteiger partial charge in [-0.05, 0) is 65.0 Å². The first-order chi connectivity index (χ1) is 9.20. The molecule has 0 spiro atoms. The van der Waals surface area contributed by atoms with Gasteiger partial charge < -0.3 is 15.1 Å². The summed E-state index contributed by atoms with van der Waals surface area (Å²) in [5, 5.41) is 3.82. The molecule has 2 unspecified atom stereocenters. The molecular formula is C16H31N3. The molecule has 2 aliphatic heterocycles. The van der Waals surface area contributed by atoms with E-state index in [-0.39, 0.29) is 0 Å². The summed E-state index contributed by atoms with van der Waals surface area (Å²) in [5.74, 6) is 0.919. The molecule has 19 heavy (non-hydrogen) atoms. The molecule has 110 valence electrons. The van der Waals surface area contributed by atoms with Crippen LogP contribution in [0.3, 0.4) is 0 Å². The Hall–Kier alpha value is -0.120. The van der Waals surface area contributed by atoms with E-state index >= 15 is 0 Å². The molecule has 1 saturated carbocycles. The van der Waals surface area contributed by atoms with Gasteiger partial charge in [0.1, 0.15) is 0 Å². The van der Waals surface area contributed by atoms with Gasteiger partial charge in [0, 0.05) is 37.8 Å². The third-order valence-corrected chi connectivity index (χ3v) is 5.12. The van der Waals surface area contributed by atoms with Crippen molar-refractivity contribution in [1.29, 1.82) is 0 Å². The van der Waals surface area contributed by atoms with Crippen molar-refractivity contribution in [2.75, 3.05) is 32.7 Å². The standard InChI is InChI=1S/C16H31N3/c1-13(2)19-9-7-14(11-19)10-18-8-3-4-16(12-18)17-15-5-6-15/h13-17H,3-12H2,1-2H3. The molecule has 3 fully saturated rings. The van der Waals surface area contributed by atoms with E-state index in [0.29, 0.717) is 0 Å². The van der Waals surface area contributed by atoms with Gasteiger partial charge in [0.15, 0.2) is 0 Å². The van der Waals surface area contributed by atoms with E-state index in [2.05, 4.69) is 29.0 Å². The first-order valence-corrected chi connectivity index (χ1v) is 8.43. The summed E-state index contributed by atoms with van der Waals surface area (Å²) < 4.78 is 0. The molecule has 1 N–H and O–H groups in total. The normalized spacial score (nSPS) is 34.3. The van der Waals surface area contributed by atoms with Crippen LogP contribution in [0.4, 0.5) is 0 Å². The lowest BCUT2D eigenvalue weighted by Crippen LogP contribution is -2.47. The van der Waals surface area contributed by atoms with Crippen molar-refractivity contribution in [2.45, 2.75) is 64.1 Å². The lowest BCUT2D eigenvalue weighted by molar-refractivity contribution is 0.161. The largest absolute Gasteiger partial charge is 0.310 e. The van der Waals surface area contributed by atoms with Gasteiger partial charge in [-0.25, -0.2) is 0 Å². The molecule has 3 heteroatoms. The highest BCUT2D eigenvalue weighted by Crippen LogP contribution is 2.24. The van der Waals surface area contributed by atoms with Crippen LogP contribution in [0.2, 0.25) is 0 Å². The number of piperidine rings is 1. The Morgan fingerprint density at radius 2 is 1.84 bits per heavy atom. The third kappa shape index (κ3) is 3.93. The second-order valence-corrected chi connectivity index (χ2v) is 7.28. The summed E-state index contributed by atoms with van der Waals surface area (Å²) in [7, 11) is 0. The highest BCUT2D eigenvalue weighted by atomic mass is 15.2. The number of hydrogen-bond donors (Lipinski definition) is 1. The van der Waals surface area contributed by atoms with Crippen LogP contribution in [0.25, 0.3) is 0 Å².